The number of unbranched alkanes of at least 4 members (excludes halogenated alkanes) is 2. The van der Waals surface area contributed by atoms with Crippen LogP contribution in [0.5, 0.6) is 0 Å². The topological polar surface area (TPSA) is 76.1 Å². The van der Waals surface area contributed by atoms with Crippen LogP contribution in [-0.4, -0.2) is 53.0 Å². The predicted octanol–water partition coefficient (Wildman–Crippen LogP) is 2.09. The first-order valence-electron chi connectivity index (χ1n) is 7.59. The SMILES string of the molecule is CCCCCOC(=O)[C@@H]1C[C@@H](O)CN1C(=O)OC(C)(C)C. The van der Waals surface area contributed by atoms with E-state index in [0.29, 0.717) is 6.61 Å². The highest BCUT2D eigenvalue weighted by Gasteiger charge is 2.41. The Morgan fingerprint density at radius 1 is 1.29 bits per heavy atom. The van der Waals surface area contributed by atoms with Crippen molar-refractivity contribution in [1.29, 1.82) is 0 Å². The zero-order valence-electron chi connectivity index (χ0n) is 13.4. The highest BCUT2D eigenvalue weighted by Crippen LogP contribution is 2.22. The number of carbonyl (C=O) groups excluding carboxylic acids is 2. The Bertz CT molecular complexity index is 364. The number of β-amino-alcohol motifs (C(OH)–C–C–N with tert-alkyl or cyclic N) is 1. The summed E-state index contributed by atoms with van der Waals surface area (Å²) in [5.41, 5.74) is -0.639. The van der Waals surface area contributed by atoms with Crippen LogP contribution in [0.1, 0.15) is 53.4 Å². The van der Waals surface area contributed by atoms with Gasteiger partial charge in [0.05, 0.1) is 19.3 Å². The lowest BCUT2D eigenvalue weighted by Gasteiger charge is -2.27. The van der Waals surface area contributed by atoms with Gasteiger partial charge in [-0.1, -0.05) is 19.8 Å². The average molecular weight is 301 g/mol. The Hall–Kier alpha value is -1.30. The zero-order chi connectivity index (χ0) is 16.0. The fourth-order valence-corrected chi connectivity index (χ4v) is 2.18. The first kappa shape index (κ1) is 17.8. The van der Waals surface area contributed by atoms with Crippen LogP contribution in [0.2, 0.25) is 0 Å². The van der Waals surface area contributed by atoms with Crippen molar-refractivity contribution < 1.29 is 24.2 Å². The Balaban J connectivity index is 2.57. The number of carbonyl (C=O) groups is 2. The average Bonchev–Trinajstić information content (AvgIpc) is 2.75. The van der Waals surface area contributed by atoms with Gasteiger partial charge in [0.2, 0.25) is 0 Å². The van der Waals surface area contributed by atoms with E-state index in [2.05, 4.69) is 6.92 Å². The van der Waals surface area contributed by atoms with Crippen molar-refractivity contribution in [2.45, 2.75) is 71.1 Å². The largest absolute Gasteiger partial charge is 0.464 e. The third-order valence-electron chi connectivity index (χ3n) is 3.17. The maximum absolute atomic E-state index is 12.1. The minimum absolute atomic E-state index is 0.101. The molecule has 1 aliphatic heterocycles. The van der Waals surface area contributed by atoms with Gasteiger partial charge in [0, 0.05) is 6.42 Å². The molecular formula is C15H27NO5. The van der Waals surface area contributed by atoms with Crippen molar-refractivity contribution >= 4 is 12.1 Å². The maximum Gasteiger partial charge on any atom is 0.411 e. The molecule has 1 fully saturated rings. The number of aliphatic hydroxyl groups is 1. The highest BCUT2D eigenvalue weighted by atomic mass is 16.6. The highest BCUT2D eigenvalue weighted by molar-refractivity contribution is 5.82. The molecule has 1 rings (SSSR count). The number of ether oxygens (including phenoxy) is 2. The molecule has 0 aliphatic carbocycles. The minimum Gasteiger partial charge on any atom is -0.464 e. The summed E-state index contributed by atoms with van der Waals surface area (Å²) in [7, 11) is 0. The molecule has 2 atom stereocenters. The first-order valence-corrected chi connectivity index (χ1v) is 7.59. The number of likely N-dealkylation sites (tertiary alicyclic amines) is 1. The van der Waals surface area contributed by atoms with E-state index < -0.39 is 29.8 Å². The summed E-state index contributed by atoms with van der Waals surface area (Å²) in [5, 5.41) is 9.72. The van der Waals surface area contributed by atoms with Gasteiger partial charge < -0.3 is 14.6 Å². The van der Waals surface area contributed by atoms with Crippen LogP contribution >= 0.6 is 0 Å². The number of hydrogen-bond acceptors (Lipinski definition) is 5. The summed E-state index contributed by atoms with van der Waals surface area (Å²) in [4.78, 5) is 25.4. The molecular weight excluding hydrogens is 274 g/mol. The molecule has 6 heteroatoms. The van der Waals surface area contributed by atoms with Gasteiger partial charge in [-0.2, -0.15) is 0 Å². The second-order valence-corrected chi connectivity index (χ2v) is 6.41. The van der Waals surface area contributed by atoms with Gasteiger partial charge in [-0.3, -0.25) is 4.90 Å². The van der Waals surface area contributed by atoms with Crippen LogP contribution in [0, 0.1) is 0 Å². The standard InChI is InChI=1S/C15H27NO5/c1-5-6-7-8-20-13(18)12-9-11(17)10-16(12)14(19)21-15(2,3)4/h11-12,17H,5-10H2,1-4H3/t11-,12+/m1/s1. The lowest BCUT2D eigenvalue weighted by Crippen LogP contribution is -2.44. The van der Waals surface area contributed by atoms with Gasteiger partial charge in [-0.05, 0) is 27.2 Å². The van der Waals surface area contributed by atoms with E-state index in [1.54, 1.807) is 20.8 Å². The Morgan fingerprint density at radius 2 is 1.95 bits per heavy atom. The Kier molecular flexibility index (Phi) is 6.45. The predicted molar refractivity (Wildman–Crippen MR) is 77.8 cm³/mol. The van der Waals surface area contributed by atoms with Gasteiger partial charge >= 0.3 is 12.1 Å². The van der Waals surface area contributed by atoms with E-state index in [1.165, 1.54) is 4.90 Å². The van der Waals surface area contributed by atoms with E-state index in [-0.39, 0.29) is 13.0 Å². The van der Waals surface area contributed by atoms with E-state index in [4.69, 9.17) is 9.47 Å². The minimum atomic E-state index is -0.753. The summed E-state index contributed by atoms with van der Waals surface area (Å²) < 4.78 is 10.4. The van der Waals surface area contributed by atoms with E-state index >= 15 is 0 Å². The molecule has 0 aromatic carbocycles. The number of amides is 1. The second kappa shape index (κ2) is 7.64. The van der Waals surface area contributed by atoms with Crippen molar-refractivity contribution in [1.82, 2.24) is 4.90 Å². The second-order valence-electron chi connectivity index (χ2n) is 6.41. The van der Waals surface area contributed by atoms with Crippen LogP contribution in [0.25, 0.3) is 0 Å². The number of hydrogen-bond donors (Lipinski definition) is 1. The van der Waals surface area contributed by atoms with Crippen molar-refractivity contribution in [3.63, 3.8) is 0 Å². The lowest BCUT2D eigenvalue weighted by molar-refractivity contribution is -0.149. The van der Waals surface area contributed by atoms with Crippen LogP contribution in [0.3, 0.4) is 0 Å². The molecule has 0 unspecified atom stereocenters. The molecule has 0 bridgehead atoms. The number of aliphatic hydroxyl groups excluding tert-OH is 1. The summed E-state index contributed by atoms with van der Waals surface area (Å²) in [5.74, 6) is -0.464. The molecule has 21 heavy (non-hydrogen) atoms. The van der Waals surface area contributed by atoms with Crippen molar-refractivity contribution in [3.8, 4) is 0 Å². The number of nitrogens with zero attached hydrogens (tertiary/aromatic N) is 1. The molecule has 1 aliphatic rings. The summed E-state index contributed by atoms with van der Waals surface area (Å²) in [6.07, 6.45) is 1.75. The third-order valence-corrected chi connectivity index (χ3v) is 3.17. The van der Waals surface area contributed by atoms with Gasteiger partial charge in [0.15, 0.2) is 0 Å². The molecule has 0 aromatic heterocycles. The normalized spacial score (nSPS) is 22.2. The fraction of sp³-hybridized carbons (Fsp3) is 0.867. The van der Waals surface area contributed by atoms with Crippen LogP contribution in [0.4, 0.5) is 4.79 Å². The molecule has 1 N–H and O–H groups in total. The van der Waals surface area contributed by atoms with Crippen molar-refractivity contribution in [3.05, 3.63) is 0 Å². The Morgan fingerprint density at radius 3 is 2.52 bits per heavy atom. The molecule has 1 heterocycles. The van der Waals surface area contributed by atoms with Crippen LogP contribution in [-0.2, 0) is 14.3 Å². The van der Waals surface area contributed by atoms with Gasteiger partial charge in [0.25, 0.3) is 0 Å². The van der Waals surface area contributed by atoms with Crippen molar-refractivity contribution in [2.24, 2.45) is 0 Å². The fourth-order valence-electron chi connectivity index (χ4n) is 2.18. The van der Waals surface area contributed by atoms with E-state index in [1.807, 2.05) is 0 Å². The van der Waals surface area contributed by atoms with Crippen LogP contribution in [0.15, 0.2) is 0 Å². The molecule has 1 saturated heterocycles. The quantitative estimate of drug-likeness (QED) is 0.621. The van der Waals surface area contributed by atoms with Gasteiger partial charge in [0.1, 0.15) is 11.6 Å². The summed E-state index contributed by atoms with van der Waals surface area (Å²) in [6.45, 7) is 7.80. The maximum atomic E-state index is 12.1. The monoisotopic (exact) mass is 301 g/mol. The van der Waals surface area contributed by atoms with Gasteiger partial charge in [-0.15, -0.1) is 0 Å². The molecule has 6 nitrogen and oxygen atoms in total. The van der Waals surface area contributed by atoms with E-state index in [9.17, 15) is 14.7 Å². The zero-order valence-corrected chi connectivity index (χ0v) is 13.4. The summed E-state index contributed by atoms with van der Waals surface area (Å²) in [6, 6.07) is -0.753. The summed E-state index contributed by atoms with van der Waals surface area (Å²) >= 11 is 0. The molecule has 0 radical (unpaired) electrons. The molecule has 0 aromatic rings. The molecule has 122 valence electrons. The van der Waals surface area contributed by atoms with Crippen LogP contribution < -0.4 is 0 Å². The first-order chi connectivity index (χ1) is 9.74. The third kappa shape index (κ3) is 5.91. The number of esters is 1. The molecule has 0 spiro atoms. The molecule has 1 amide bonds. The Labute approximate surface area is 126 Å². The van der Waals surface area contributed by atoms with Gasteiger partial charge in [-0.25, -0.2) is 9.59 Å². The number of rotatable bonds is 5. The van der Waals surface area contributed by atoms with E-state index in [0.717, 1.165) is 19.3 Å². The lowest BCUT2D eigenvalue weighted by atomic mass is 10.2. The van der Waals surface area contributed by atoms with Crippen molar-refractivity contribution in [2.75, 3.05) is 13.2 Å². The molecule has 0 saturated carbocycles. The smallest absolute Gasteiger partial charge is 0.411 e.